The number of hydrogen-bond donors (Lipinski definition) is 2. The van der Waals surface area contributed by atoms with Gasteiger partial charge in [-0.3, -0.25) is 0 Å². The zero-order valence-electron chi connectivity index (χ0n) is 12.6. The number of ether oxygens (including phenoxy) is 1. The second-order valence-electron chi connectivity index (χ2n) is 6.49. The Bertz CT molecular complexity index is 454. The van der Waals surface area contributed by atoms with Crippen molar-refractivity contribution >= 4 is 0 Å². The van der Waals surface area contributed by atoms with Crippen molar-refractivity contribution in [2.75, 3.05) is 26.2 Å². The van der Waals surface area contributed by atoms with Crippen LogP contribution in [0.5, 0.6) is 5.75 Å². The molecule has 1 aliphatic carbocycles. The van der Waals surface area contributed by atoms with Crippen LogP contribution in [0.1, 0.15) is 24.8 Å². The first kappa shape index (κ1) is 14.8. The Morgan fingerprint density at radius 1 is 1.29 bits per heavy atom. The molecule has 1 heterocycles. The number of aliphatic hydroxyl groups excluding tert-OH is 1. The van der Waals surface area contributed by atoms with Crippen LogP contribution in [0.25, 0.3) is 0 Å². The number of benzene rings is 1. The van der Waals surface area contributed by atoms with E-state index in [1.54, 1.807) is 0 Å². The summed E-state index contributed by atoms with van der Waals surface area (Å²) in [6.07, 6.45) is 3.72. The Balaban J connectivity index is 1.43. The predicted octanol–water partition coefficient (Wildman–Crippen LogP) is 1.62. The molecule has 0 spiro atoms. The third-order valence-electron chi connectivity index (χ3n) is 4.85. The summed E-state index contributed by atoms with van der Waals surface area (Å²) in [5, 5.41) is 10.2. The SMILES string of the molecule is NCc1cccc(OCC(O)CN2CC3CCCC3C2)c1. The van der Waals surface area contributed by atoms with Crippen LogP contribution in [0.4, 0.5) is 0 Å². The minimum atomic E-state index is -0.426. The Morgan fingerprint density at radius 2 is 2.05 bits per heavy atom. The van der Waals surface area contributed by atoms with Gasteiger partial charge in [0.2, 0.25) is 0 Å². The van der Waals surface area contributed by atoms with E-state index in [1.165, 1.54) is 19.3 Å². The first-order valence-electron chi connectivity index (χ1n) is 8.07. The normalized spacial score (nSPS) is 26.8. The maximum absolute atomic E-state index is 10.2. The van der Waals surface area contributed by atoms with E-state index in [0.717, 1.165) is 42.8 Å². The maximum atomic E-state index is 10.2. The van der Waals surface area contributed by atoms with Crippen LogP contribution in [0.3, 0.4) is 0 Å². The molecule has 3 N–H and O–H groups in total. The lowest BCUT2D eigenvalue weighted by molar-refractivity contribution is 0.0733. The molecule has 0 radical (unpaired) electrons. The summed E-state index contributed by atoms with van der Waals surface area (Å²) in [6.45, 7) is 3.90. The molecule has 3 rings (SSSR count). The van der Waals surface area contributed by atoms with Gasteiger partial charge in [0.15, 0.2) is 0 Å². The number of aliphatic hydroxyl groups is 1. The number of rotatable bonds is 6. The lowest BCUT2D eigenvalue weighted by Gasteiger charge is -2.21. The van der Waals surface area contributed by atoms with Crippen molar-refractivity contribution in [2.24, 2.45) is 17.6 Å². The summed E-state index contributed by atoms with van der Waals surface area (Å²) < 4.78 is 5.68. The summed E-state index contributed by atoms with van der Waals surface area (Å²) in [5.74, 6) is 2.54. The van der Waals surface area contributed by atoms with Gasteiger partial charge in [-0.2, -0.15) is 0 Å². The molecule has 1 saturated carbocycles. The Hall–Kier alpha value is -1.10. The molecule has 4 nitrogen and oxygen atoms in total. The maximum Gasteiger partial charge on any atom is 0.119 e. The predicted molar refractivity (Wildman–Crippen MR) is 83.1 cm³/mol. The first-order chi connectivity index (χ1) is 10.2. The van der Waals surface area contributed by atoms with Gasteiger partial charge in [-0.25, -0.2) is 0 Å². The number of hydrogen-bond acceptors (Lipinski definition) is 4. The van der Waals surface area contributed by atoms with E-state index in [1.807, 2.05) is 24.3 Å². The smallest absolute Gasteiger partial charge is 0.119 e. The molecule has 2 aliphatic rings. The minimum Gasteiger partial charge on any atom is -0.491 e. The van der Waals surface area contributed by atoms with Crippen LogP contribution >= 0.6 is 0 Å². The molecule has 3 unspecified atom stereocenters. The average Bonchev–Trinajstić information content (AvgIpc) is 3.06. The molecule has 0 aromatic heterocycles. The fourth-order valence-electron chi connectivity index (χ4n) is 3.79. The van der Waals surface area contributed by atoms with Gasteiger partial charge in [-0.1, -0.05) is 18.6 Å². The summed E-state index contributed by atoms with van der Waals surface area (Å²) in [4.78, 5) is 2.40. The standard InChI is InChI=1S/C17H26N2O2/c18-8-13-3-1-6-17(7-13)21-12-16(20)11-19-9-14-4-2-5-15(14)10-19/h1,3,6-7,14-16,20H,2,4-5,8-12,18H2. The molecule has 116 valence electrons. The molecule has 1 saturated heterocycles. The van der Waals surface area contributed by atoms with Gasteiger partial charge >= 0.3 is 0 Å². The molecule has 2 fully saturated rings. The van der Waals surface area contributed by atoms with Crippen molar-refractivity contribution in [3.63, 3.8) is 0 Å². The third kappa shape index (κ3) is 3.76. The number of nitrogens with two attached hydrogens (primary N) is 1. The largest absolute Gasteiger partial charge is 0.491 e. The molecule has 0 bridgehead atoms. The quantitative estimate of drug-likeness (QED) is 0.836. The molecule has 1 aromatic rings. The molecule has 4 heteroatoms. The Morgan fingerprint density at radius 3 is 2.76 bits per heavy atom. The highest BCUT2D eigenvalue weighted by atomic mass is 16.5. The summed E-state index contributed by atoms with van der Waals surface area (Å²) >= 11 is 0. The summed E-state index contributed by atoms with van der Waals surface area (Å²) in [7, 11) is 0. The van der Waals surface area contributed by atoms with Gasteiger partial charge < -0.3 is 20.5 Å². The van der Waals surface area contributed by atoms with E-state index in [0.29, 0.717) is 13.2 Å². The van der Waals surface area contributed by atoms with Gasteiger partial charge in [0.05, 0.1) is 0 Å². The van der Waals surface area contributed by atoms with E-state index in [2.05, 4.69) is 4.90 Å². The number of fused-ring (bicyclic) bond motifs is 1. The molecule has 21 heavy (non-hydrogen) atoms. The van der Waals surface area contributed by atoms with Gasteiger partial charge in [-0.15, -0.1) is 0 Å². The van der Waals surface area contributed by atoms with E-state index in [9.17, 15) is 5.11 Å². The lowest BCUT2D eigenvalue weighted by Crippen LogP contribution is -2.34. The van der Waals surface area contributed by atoms with Crippen LogP contribution in [0.15, 0.2) is 24.3 Å². The van der Waals surface area contributed by atoms with Crippen LogP contribution in [-0.4, -0.2) is 42.4 Å². The lowest BCUT2D eigenvalue weighted by atomic mass is 10.0. The van der Waals surface area contributed by atoms with Gasteiger partial charge in [-0.05, 0) is 42.4 Å². The van der Waals surface area contributed by atoms with Crippen molar-refractivity contribution in [1.29, 1.82) is 0 Å². The summed E-state index contributed by atoms with van der Waals surface area (Å²) in [6, 6.07) is 7.76. The molecule has 3 atom stereocenters. The highest BCUT2D eigenvalue weighted by Gasteiger charge is 2.36. The second kappa shape index (κ2) is 6.77. The fourth-order valence-corrected chi connectivity index (χ4v) is 3.79. The minimum absolute atomic E-state index is 0.347. The van der Waals surface area contributed by atoms with Gasteiger partial charge in [0, 0.05) is 26.2 Å². The van der Waals surface area contributed by atoms with Crippen LogP contribution in [-0.2, 0) is 6.54 Å². The van der Waals surface area contributed by atoms with E-state index in [-0.39, 0.29) is 0 Å². The highest BCUT2D eigenvalue weighted by Crippen LogP contribution is 2.37. The highest BCUT2D eigenvalue weighted by molar-refractivity contribution is 5.28. The van der Waals surface area contributed by atoms with Crippen molar-refractivity contribution < 1.29 is 9.84 Å². The van der Waals surface area contributed by atoms with Crippen LogP contribution in [0.2, 0.25) is 0 Å². The van der Waals surface area contributed by atoms with Crippen LogP contribution < -0.4 is 10.5 Å². The van der Waals surface area contributed by atoms with E-state index in [4.69, 9.17) is 10.5 Å². The van der Waals surface area contributed by atoms with Crippen molar-refractivity contribution in [3.05, 3.63) is 29.8 Å². The zero-order chi connectivity index (χ0) is 14.7. The monoisotopic (exact) mass is 290 g/mol. The van der Waals surface area contributed by atoms with Crippen molar-refractivity contribution in [1.82, 2.24) is 4.90 Å². The second-order valence-corrected chi connectivity index (χ2v) is 6.49. The molecular formula is C17H26N2O2. The number of β-amino-alcohol motifs (C(OH)–C–C–N with tert-alkyl or cyclic N) is 1. The van der Waals surface area contributed by atoms with E-state index < -0.39 is 6.10 Å². The molecule has 1 aliphatic heterocycles. The average molecular weight is 290 g/mol. The fraction of sp³-hybridized carbons (Fsp3) is 0.647. The number of likely N-dealkylation sites (tertiary alicyclic amines) is 1. The van der Waals surface area contributed by atoms with Crippen molar-refractivity contribution in [3.8, 4) is 5.75 Å². The first-order valence-corrected chi connectivity index (χ1v) is 8.07. The number of nitrogens with zero attached hydrogens (tertiary/aromatic N) is 1. The molecular weight excluding hydrogens is 264 g/mol. The Kier molecular flexibility index (Phi) is 4.78. The van der Waals surface area contributed by atoms with E-state index >= 15 is 0 Å². The summed E-state index contributed by atoms with van der Waals surface area (Å²) in [5.41, 5.74) is 6.67. The van der Waals surface area contributed by atoms with Gasteiger partial charge in [0.1, 0.15) is 18.5 Å². The van der Waals surface area contributed by atoms with Crippen LogP contribution in [0, 0.1) is 11.8 Å². The molecule has 1 aromatic carbocycles. The third-order valence-corrected chi connectivity index (χ3v) is 4.85. The molecule has 0 amide bonds. The Labute approximate surface area is 126 Å². The topological polar surface area (TPSA) is 58.7 Å². The zero-order valence-corrected chi connectivity index (χ0v) is 12.6. The van der Waals surface area contributed by atoms with Crippen molar-refractivity contribution in [2.45, 2.75) is 31.9 Å². The van der Waals surface area contributed by atoms with Gasteiger partial charge in [0.25, 0.3) is 0 Å².